The van der Waals surface area contributed by atoms with E-state index in [1.807, 2.05) is 0 Å². The molecule has 1 aliphatic carbocycles. The van der Waals surface area contributed by atoms with E-state index in [0.29, 0.717) is 13.1 Å². The Hall–Kier alpha value is -0.320. The number of nitrogens with two attached hydrogens (primary N) is 1. The summed E-state index contributed by atoms with van der Waals surface area (Å²) in [7, 11) is 0. The summed E-state index contributed by atoms with van der Waals surface area (Å²) in [4.78, 5) is 14.5. The first-order valence-electron chi connectivity index (χ1n) is 7.99. The second kappa shape index (κ2) is 9.59. The highest BCUT2D eigenvalue weighted by atomic mass is 35.5. The van der Waals surface area contributed by atoms with Crippen LogP contribution >= 0.6 is 12.4 Å². The van der Waals surface area contributed by atoms with Gasteiger partial charge in [-0.1, -0.05) is 25.7 Å². The lowest BCUT2D eigenvalue weighted by atomic mass is 9.96. The van der Waals surface area contributed by atoms with Crippen molar-refractivity contribution in [3.63, 3.8) is 0 Å². The summed E-state index contributed by atoms with van der Waals surface area (Å²) in [5.41, 5.74) is 5.43. The lowest BCUT2D eigenvalue weighted by Crippen LogP contribution is -2.44. The van der Waals surface area contributed by atoms with Crippen molar-refractivity contribution < 1.29 is 4.79 Å². The van der Waals surface area contributed by atoms with E-state index in [-0.39, 0.29) is 24.2 Å². The van der Waals surface area contributed by atoms with E-state index >= 15 is 0 Å². The maximum absolute atomic E-state index is 12.0. The van der Waals surface area contributed by atoms with Gasteiger partial charge < -0.3 is 16.0 Å². The summed E-state index contributed by atoms with van der Waals surface area (Å²) in [5.74, 6) is 1.34. The van der Waals surface area contributed by atoms with Gasteiger partial charge in [-0.25, -0.2) is 0 Å². The molecule has 0 aromatic carbocycles. The van der Waals surface area contributed by atoms with Crippen LogP contribution in [0.3, 0.4) is 0 Å². The van der Waals surface area contributed by atoms with E-state index in [0.717, 1.165) is 25.3 Å². The Kier molecular flexibility index (Phi) is 8.50. The van der Waals surface area contributed by atoms with Gasteiger partial charge in [0.25, 0.3) is 0 Å². The Morgan fingerprint density at radius 1 is 1.20 bits per heavy atom. The number of carbonyl (C=O) groups is 1. The summed E-state index contributed by atoms with van der Waals surface area (Å²) in [6.07, 6.45) is 9.23. The number of halogens is 1. The van der Waals surface area contributed by atoms with E-state index < -0.39 is 0 Å². The minimum atomic E-state index is 0. The maximum atomic E-state index is 12.0. The Morgan fingerprint density at radius 3 is 2.65 bits per heavy atom. The lowest BCUT2D eigenvalue weighted by molar-refractivity contribution is -0.126. The molecule has 0 radical (unpaired) electrons. The molecule has 20 heavy (non-hydrogen) atoms. The van der Waals surface area contributed by atoms with E-state index in [2.05, 4.69) is 10.2 Å². The zero-order valence-electron chi connectivity index (χ0n) is 12.5. The van der Waals surface area contributed by atoms with Crippen LogP contribution < -0.4 is 11.1 Å². The molecule has 4 nitrogen and oxygen atoms in total. The smallest absolute Gasteiger partial charge is 0.224 e. The number of carbonyl (C=O) groups excluding carboxylic acids is 1. The molecule has 5 heteroatoms. The van der Waals surface area contributed by atoms with Gasteiger partial charge in [0.15, 0.2) is 0 Å². The summed E-state index contributed by atoms with van der Waals surface area (Å²) < 4.78 is 0. The summed E-state index contributed by atoms with van der Waals surface area (Å²) in [6.45, 7) is 4.45. The molecule has 2 aliphatic rings. The number of likely N-dealkylation sites (tertiary alicyclic amines) is 1. The lowest BCUT2D eigenvalue weighted by Gasteiger charge is -2.32. The average Bonchev–Trinajstić information content (AvgIpc) is 2.96. The SMILES string of the molecule is Cl.NCCNC(=O)C1CCCN(CCC2CCCC2)C1. The minimum Gasteiger partial charge on any atom is -0.355 e. The zero-order valence-corrected chi connectivity index (χ0v) is 13.3. The van der Waals surface area contributed by atoms with E-state index in [1.165, 1.54) is 45.2 Å². The van der Waals surface area contributed by atoms with Crippen molar-refractivity contribution in [1.82, 2.24) is 10.2 Å². The summed E-state index contributed by atoms with van der Waals surface area (Å²) in [5, 5.41) is 2.93. The molecule has 1 saturated heterocycles. The second-order valence-electron chi connectivity index (χ2n) is 6.16. The van der Waals surface area contributed by atoms with Crippen molar-refractivity contribution in [2.75, 3.05) is 32.7 Å². The highest BCUT2D eigenvalue weighted by Gasteiger charge is 2.26. The second-order valence-corrected chi connectivity index (χ2v) is 6.16. The van der Waals surface area contributed by atoms with Crippen LogP contribution in [0.1, 0.15) is 44.9 Å². The van der Waals surface area contributed by atoms with Gasteiger partial charge in [-0.15, -0.1) is 12.4 Å². The van der Waals surface area contributed by atoms with E-state index in [1.54, 1.807) is 0 Å². The Labute approximate surface area is 129 Å². The molecule has 0 spiro atoms. The molecule has 3 N–H and O–H groups in total. The molecule has 2 fully saturated rings. The van der Waals surface area contributed by atoms with Gasteiger partial charge in [0.1, 0.15) is 0 Å². The molecule has 0 aromatic heterocycles. The molecule has 1 amide bonds. The molecular formula is C15H30ClN3O. The van der Waals surface area contributed by atoms with Gasteiger partial charge in [-0.2, -0.15) is 0 Å². The van der Waals surface area contributed by atoms with Crippen molar-refractivity contribution in [3.05, 3.63) is 0 Å². The molecule has 118 valence electrons. The van der Waals surface area contributed by atoms with Crippen LogP contribution in [0.5, 0.6) is 0 Å². The van der Waals surface area contributed by atoms with Crippen LogP contribution in [0, 0.1) is 11.8 Å². The highest BCUT2D eigenvalue weighted by molar-refractivity contribution is 5.85. The van der Waals surface area contributed by atoms with Gasteiger partial charge in [0, 0.05) is 19.6 Å². The predicted molar refractivity (Wildman–Crippen MR) is 85.1 cm³/mol. The number of amides is 1. The number of hydrogen-bond acceptors (Lipinski definition) is 3. The van der Waals surface area contributed by atoms with Gasteiger partial charge in [0.2, 0.25) is 5.91 Å². The van der Waals surface area contributed by atoms with Crippen LogP contribution in [0.4, 0.5) is 0 Å². The van der Waals surface area contributed by atoms with Crippen LogP contribution in [0.25, 0.3) is 0 Å². The van der Waals surface area contributed by atoms with Gasteiger partial charge in [-0.3, -0.25) is 4.79 Å². The standard InChI is InChI=1S/C15H29N3O.ClH/c16-8-9-17-15(19)14-6-3-10-18(12-14)11-7-13-4-1-2-5-13;/h13-14H,1-12,16H2,(H,17,19);1H. The van der Waals surface area contributed by atoms with Crippen molar-refractivity contribution in [3.8, 4) is 0 Å². The first kappa shape index (κ1) is 17.7. The topological polar surface area (TPSA) is 58.4 Å². The first-order chi connectivity index (χ1) is 9.29. The van der Waals surface area contributed by atoms with Crippen LogP contribution in [-0.4, -0.2) is 43.5 Å². The van der Waals surface area contributed by atoms with Crippen molar-refractivity contribution in [2.24, 2.45) is 17.6 Å². The quantitative estimate of drug-likeness (QED) is 0.786. The van der Waals surface area contributed by atoms with Crippen LogP contribution in [0.2, 0.25) is 0 Å². The number of piperidine rings is 1. The fourth-order valence-corrected chi connectivity index (χ4v) is 3.48. The van der Waals surface area contributed by atoms with Crippen molar-refractivity contribution in [2.45, 2.75) is 44.9 Å². The van der Waals surface area contributed by atoms with Gasteiger partial charge in [0.05, 0.1) is 5.92 Å². The maximum Gasteiger partial charge on any atom is 0.224 e. The fraction of sp³-hybridized carbons (Fsp3) is 0.933. The number of rotatable bonds is 6. The molecule has 2 rings (SSSR count). The Bertz CT molecular complexity index is 282. The van der Waals surface area contributed by atoms with Crippen LogP contribution in [0.15, 0.2) is 0 Å². The zero-order chi connectivity index (χ0) is 13.5. The van der Waals surface area contributed by atoms with E-state index in [9.17, 15) is 4.79 Å². The molecule has 1 aliphatic heterocycles. The van der Waals surface area contributed by atoms with E-state index in [4.69, 9.17) is 5.73 Å². The number of nitrogens with zero attached hydrogens (tertiary/aromatic N) is 1. The highest BCUT2D eigenvalue weighted by Crippen LogP contribution is 2.28. The number of nitrogens with one attached hydrogen (secondary N) is 1. The molecule has 0 bridgehead atoms. The van der Waals surface area contributed by atoms with Gasteiger partial charge in [-0.05, 0) is 38.3 Å². The van der Waals surface area contributed by atoms with Crippen LogP contribution in [-0.2, 0) is 4.79 Å². The molecule has 1 saturated carbocycles. The first-order valence-corrected chi connectivity index (χ1v) is 7.99. The molecule has 1 atom stereocenters. The molecule has 1 unspecified atom stereocenters. The minimum absolute atomic E-state index is 0. The monoisotopic (exact) mass is 303 g/mol. The van der Waals surface area contributed by atoms with Crippen molar-refractivity contribution in [1.29, 1.82) is 0 Å². The fourth-order valence-electron chi connectivity index (χ4n) is 3.48. The van der Waals surface area contributed by atoms with Gasteiger partial charge >= 0.3 is 0 Å². The normalized spacial score (nSPS) is 24.4. The summed E-state index contributed by atoms with van der Waals surface area (Å²) >= 11 is 0. The Balaban J connectivity index is 0.00000200. The molecular weight excluding hydrogens is 274 g/mol. The molecule has 0 aromatic rings. The van der Waals surface area contributed by atoms with Crippen molar-refractivity contribution >= 4 is 18.3 Å². The average molecular weight is 304 g/mol. The molecule has 1 heterocycles. The predicted octanol–water partition coefficient (Wildman–Crippen LogP) is 1.78. The third kappa shape index (κ3) is 5.58. The third-order valence-electron chi connectivity index (χ3n) is 4.65. The third-order valence-corrected chi connectivity index (χ3v) is 4.65. The largest absolute Gasteiger partial charge is 0.355 e. The Morgan fingerprint density at radius 2 is 1.95 bits per heavy atom. The summed E-state index contributed by atoms with van der Waals surface area (Å²) in [6, 6.07) is 0. The number of hydrogen-bond donors (Lipinski definition) is 2.